The summed E-state index contributed by atoms with van der Waals surface area (Å²) in [5.41, 5.74) is -2.35. The maximum Gasteiger partial charge on any atom is 0.210 e. The molecule has 144 valence electrons. The summed E-state index contributed by atoms with van der Waals surface area (Å²) in [4.78, 5) is 13.5. The minimum absolute atomic E-state index is 0.0388. The van der Waals surface area contributed by atoms with Crippen molar-refractivity contribution >= 4 is 5.78 Å². The molecule has 8 rings (SSSR count). The van der Waals surface area contributed by atoms with Crippen LogP contribution in [0.5, 0.6) is 0 Å². The maximum atomic E-state index is 13.5. The molecule has 7 bridgehead atoms. The van der Waals surface area contributed by atoms with Gasteiger partial charge in [-0.05, 0) is 42.9 Å². The van der Waals surface area contributed by atoms with E-state index in [1.54, 1.807) is 0 Å². The van der Waals surface area contributed by atoms with Crippen molar-refractivity contribution < 1.29 is 29.6 Å². The molecule has 4 aliphatic carbocycles. The van der Waals surface area contributed by atoms with Gasteiger partial charge in [-0.3, -0.25) is 4.79 Å². The van der Waals surface area contributed by atoms with E-state index in [0.29, 0.717) is 6.42 Å². The number of aliphatic hydroxyl groups is 3. The van der Waals surface area contributed by atoms with E-state index in [2.05, 4.69) is 13.8 Å². The first-order valence-corrected chi connectivity index (χ1v) is 10.1. The van der Waals surface area contributed by atoms with Crippen molar-refractivity contribution in [2.45, 2.75) is 76.8 Å². The molecule has 4 saturated carbocycles. The summed E-state index contributed by atoms with van der Waals surface area (Å²) in [5, 5.41) is 34.4. The zero-order chi connectivity index (χ0) is 18.4. The summed E-state index contributed by atoms with van der Waals surface area (Å²) in [7, 11) is 0. The molecule has 0 aromatic carbocycles. The van der Waals surface area contributed by atoms with E-state index >= 15 is 0 Å². The number of carbonyl (C=O) groups excluding carboxylic acids is 1. The molecule has 0 aromatic rings. The van der Waals surface area contributed by atoms with Gasteiger partial charge < -0.3 is 24.8 Å². The van der Waals surface area contributed by atoms with Crippen molar-refractivity contribution in [3.8, 4) is 0 Å². The molecule has 0 radical (unpaired) electrons. The molecule has 4 heterocycles. The lowest BCUT2D eigenvalue weighted by atomic mass is 9.34. The van der Waals surface area contributed by atoms with Crippen molar-refractivity contribution in [3.63, 3.8) is 0 Å². The average Bonchev–Trinajstić information content (AvgIpc) is 2.71. The van der Waals surface area contributed by atoms with E-state index in [1.807, 2.05) is 6.92 Å². The Labute approximate surface area is 152 Å². The van der Waals surface area contributed by atoms with Gasteiger partial charge in [0.25, 0.3) is 0 Å². The monoisotopic (exact) mass is 364 g/mol. The number of rotatable bonds is 0. The Morgan fingerprint density at radius 3 is 2.62 bits per heavy atom. The van der Waals surface area contributed by atoms with Gasteiger partial charge in [0.2, 0.25) is 5.79 Å². The van der Waals surface area contributed by atoms with E-state index in [0.717, 1.165) is 19.3 Å². The first kappa shape index (κ1) is 16.4. The SMILES string of the molecule is C[C@@H]1C(=O)[C@@]23[C@@H]4OC5O[C@@]2(O)[C@@H](O)[C@@H]2C(C)(C)CC[C@H](O)[C@]52[C@@H]3CC[C@@H]14. The van der Waals surface area contributed by atoms with Crippen LogP contribution in [0.15, 0.2) is 0 Å². The number of hydrogen-bond donors (Lipinski definition) is 3. The number of aliphatic hydroxyl groups excluding tert-OH is 2. The summed E-state index contributed by atoms with van der Waals surface area (Å²) < 4.78 is 12.4. The van der Waals surface area contributed by atoms with E-state index in [9.17, 15) is 20.1 Å². The predicted octanol–water partition coefficient (Wildman–Crippen LogP) is 0.819. The fourth-order valence-electron chi connectivity index (χ4n) is 8.75. The molecule has 2 spiro atoms. The number of ether oxygens (including phenoxy) is 2. The van der Waals surface area contributed by atoms with Crippen molar-refractivity contribution in [2.24, 2.45) is 39.9 Å². The molecule has 4 aliphatic heterocycles. The van der Waals surface area contributed by atoms with Gasteiger partial charge in [0.05, 0.1) is 17.6 Å². The van der Waals surface area contributed by atoms with E-state index in [4.69, 9.17) is 9.47 Å². The van der Waals surface area contributed by atoms with Crippen molar-refractivity contribution in [1.82, 2.24) is 0 Å². The molecular formula is C20H28O6. The highest BCUT2D eigenvalue weighted by Crippen LogP contribution is 2.81. The molecule has 11 atom stereocenters. The summed E-state index contributed by atoms with van der Waals surface area (Å²) >= 11 is 0. The van der Waals surface area contributed by atoms with Crippen LogP contribution < -0.4 is 0 Å². The Balaban J connectivity index is 1.68. The van der Waals surface area contributed by atoms with Crippen LogP contribution in [-0.2, 0) is 14.3 Å². The lowest BCUT2D eigenvalue weighted by Crippen LogP contribution is -2.91. The highest BCUT2D eigenvalue weighted by Gasteiger charge is 2.92. The molecular weight excluding hydrogens is 336 g/mol. The van der Waals surface area contributed by atoms with Crippen LogP contribution in [0.2, 0.25) is 0 Å². The topological polar surface area (TPSA) is 96.2 Å². The van der Waals surface area contributed by atoms with Gasteiger partial charge in [-0.25, -0.2) is 0 Å². The second-order valence-corrected chi connectivity index (χ2v) is 10.5. The van der Waals surface area contributed by atoms with Gasteiger partial charge in [0.1, 0.15) is 11.5 Å². The average molecular weight is 364 g/mol. The van der Waals surface area contributed by atoms with Crippen LogP contribution in [0.4, 0.5) is 0 Å². The minimum Gasteiger partial charge on any atom is -0.392 e. The van der Waals surface area contributed by atoms with Gasteiger partial charge in [0.15, 0.2) is 12.1 Å². The van der Waals surface area contributed by atoms with Gasteiger partial charge in [-0.2, -0.15) is 0 Å². The van der Waals surface area contributed by atoms with E-state index < -0.39 is 41.2 Å². The molecule has 8 aliphatic rings. The second-order valence-electron chi connectivity index (χ2n) is 10.5. The van der Waals surface area contributed by atoms with Crippen LogP contribution in [-0.4, -0.2) is 51.5 Å². The van der Waals surface area contributed by atoms with Crippen LogP contribution in [0, 0.1) is 39.9 Å². The molecule has 6 nitrogen and oxygen atoms in total. The molecule has 6 heteroatoms. The fourth-order valence-corrected chi connectivity index (χ4v) is 8.75. The van der Waals surface area contributed by atoms with E-state index in [-0.39, 0.29) is 34.9 Å². The first-order valence-electron chi connectivity index (χ1n) is 10.1. The van der Waals surface area contributed by atoms with Crippen molar-refractivity contribution in [2.75, 3.05) is 0 Å². The largest absolute Gasteiger partial charge is 0.392 e. The standard InChI is InChI=1S/C20H28O6/c1-8-9-4-5-10-18-11(21)6-7-17(2,3)12(18)14(23)20(24)19(10,13(8)22)15(9)25-16(18)26-20/h8-12,14-16,21,23-24H,4-7H2,1-3H3/t8-,9-,10-,11-,12+,14-,15+,16?,18-,19-,20-/m0/s1. The lowest BCUT2D eigenvalue weighted by Gasteiger charge is -2.79. The van der Waals surface area contributed by atoms with Crippen LogP contribution in [0.3, 0.4) is 0 Å². The molecule has 0 amide bonds. The third kappa shape index (κ3) is 1.22. The lowest BCUT2D eigenvalue weighted by molar-refractivity contribution is -0.557. The summed E-state index contributed by atoms with van der Waals surface area (Å²) in [6.07, 6.45) is -0.0608. The summed E-state index contributed by atoms with van der Waals surface area (Å²) in [5.74, 6) is -2.67. The Kier molecular flexibility index (Phi) is 2.67. The third-order valence-corrected chi connectivity index (χ3v) is 9.54. The Hall–Kier alpha value is -0.530. The van der Waals surface area contributed by atoms with Gasteiger partial charge in [-0.15, -0.1) is 0 Å². The maximum absolute atomic E-state index is 13.5. The first-order chi connectivity index (χ1) is 12.1. The van der Waals surface area contributed by atoms with Gasteiger partial charge >= 0.3 is 0 Å². The van der Waals surface area contributed by atoms with Gasteiger partial charge in [0, 0.05) is 11.8 Å². The number of Topliss-reactive ketones (excluding diaryl/α,β-unsaturated/α-hetero) is 1. The molecule has 0 aromatic heterocycles. The van der Waals surface area contributed by atoms with E-state index in [1.165, 1.54) is 0 Å². The van der Waals surface area contributed by atoms with Crippen LogP contribution in [0.1, 0.15) is 46.5 Å². The van der Waals surface area contributed by atoms with Crippen LogP contribution in [0.25, 0.3) is 0 Å². The molecule has 8 fully saturated rings. The van der Waals surface area contributed by atoms with Crippen molar-refractivity contribution in [1.29, 1.82) is 0 Å². The molecule has 1 unspecified atom stereocenters. The number of carbonyl (C=O) groups is 1. The Bertz CT molecular complexity index is 721. The molecule has 3 N–H and O–H groups in total. The predicted molar refractivity (Wildman–Crippen MR) is 88.5 cm³/mol. The zero-order valence-electron chi connectivity index (χ0n) is 15.5. The van der Waals surface area contributed by atoms with Gasteiger partial charge in [-0.1, -0.05) is 20.8 Å². The quantitative estimate of drug-likeness (QED) is 0.589. The fraction of sp³-hybridized carbons (Fsp3) is 0.950. The smallest absolute Gasteiger partial charge is 0.210 e. The second kappa shape index (κ2) is 4.23. The Morgan fingerprint density at radius 1 is 1.15 bits per heavy atom. The minimum atomic E-state index is -1.91. The molecule has 4 saturated heterocycles. The highest BCUT2D eigenvalue weighted by atomic mass is 16.8. The highest BCUT2D eigenvalue weighted by molar-refractivity contribution is 5.93. The van der Waals surface area contributed by atoms with Crippen molar-refractivity contribution in [3.05, 3.63) is 0 Å². The summed E-state index contributed by atoms with van der Waals surface area (Å²) in [6, 6.07) is 0. The Morgan fingerprint density at radius 2 is 1.88 bits per heavy atom. The summed E-state index contributed by atoms with van der Waals surface area (Å²) in [6.45, 7) is 6.09. The molecule has 26 heavy (non-hydrogen) atoms. The zero-order valence-corrected chi connectivity index (χ0v) is 15.5. The number of ketones is 1. The van der Waals surface area contributed by atoms with Crippen LogP contribution >= 0.6 is 0 Å². The third-order valence-electron chi connectivity index (χ3n) is 9.54. The number of hydrogen-bond acceptors (Lipinski definition) is 6. The normalized spacial score (nSPS) is 66.8.